The quantitative estimate of drug-likeness (QED) is 0.499. The van der Waals surface area contributed by atoms with Crippen molar-refractivity contribution in [2.45, 2.75) is 33.1 Å². The van der Waals surface area contributed by atoms with Crippen molar-refractivity contribution in [2.24, 2.45) is 5.10 Å². The number of halogens is 1. The predicted molar refractivity (Wildman–Crippen MR) is 116 cm³/mol. The Balaban J connectivity index is 1.94. The van der Waals surface area contributed by atoms with Crippen molar-refractivity contribution in [2.75, 3.05) is 11.9 Å². The van der Waals surface area contributed by atoms with E-state index in [0.717, 1.165) is 16.9 Å². The lowest BCUT2D eigenvalue weighted by molar-refractivity contribution is -0.114. The number of thiophene rings is 1. The molecule has 1 aliphatic carbocycles. The summed E-state index contributed by atoms with van der Waals surface area (Å²) < 4.78 is 5.86. The van der Waals surface area contributed by atoms with Gasteiger partial charge in [-0.1, -0.05) is 12.1 Å². The van der Waals surface area contributed by atoms with Crippen LogP contribution in [0.3, 0.4) is 0 Å². The third-order valence-corrected chi connectivity index (χ3v) is 6.18. The summed E-state index contributed by atoms with van der Waals surface area (Å²) in [6.45, 7) is 3.37. The molecule has 0 spiro atoms. The van der Waals surface area contributed by atoms with Crippen molar-refractivity contribution in [3.05, 3.63) is 50.3 Å². The van der Waals surface area contributed by atoms with E-state index in [1.165, 1.54) is 18.3 Å². The second-order valence-corrected chi connectivity index (χ2v) is 8.22. The molecule has 152 valence electrons. The first-order chi connectivity index (χ1) is 13.9. The van der Waals surface area contributed by atoms with Gasteiger partial charge in [0.25, 0.3) is 5.91 Å². The Morgan fingerprint density at radius 1 is 1.24 bits per heavy atom. The summed E-state index contributed by atoms with van der Waals surface area (Å²) in [4.78, 5) is 37.3. The molecule has 2 amide bonds. The summed E-state index contributed by atoms with van der Waals surface area (Å²) >= 11 is 4.64. The number of esters is 1. The topological polar surface area (TPSA) is 96.9 Å². The molecule has 7 nitrogen and oxygen atoms in total. The molecule has 0 bridgehead atoms. The average molecular weight is 478 g/mol. The van der Waals surface area contributed by atoms with Gasteiger partial charge in [0.2, 0.25) is 5.91 Å². The van der Waals surface area contributed by atoms with Gasteiger partial charge in [0.05, 0.1) is 28.3 Å². The Kier molecular flexibility index (Phi) is 6.81. The number of nitrogens with one attached hydrogen (secondary N) is 2. The van der Waals surface area contributed by atoms with Crippen LogP contribution in [0.4, 0.5) is 5.00 Å². The number of carbonyl (C=O) groups excluding carboxylic acids is 3. The molecule has 0 saturated carbocycles. The molecule has 3 rings (SSSR count). The zero-order valence-corrected chi connectivity index (χ0v) is 18.4. The largest absolute Gasteiger partial charge is 0.462 e. The molecular weight excluding hydrogens is 458 g/mol. The van der Waals surface area contributed by atoms with Crippen molar-refractivity contribution in [3.63, 3.8) is 0 Å². The van der Waals surface area contributed by atoms with E-state index in [2.05, 4.69) is 31.8 Å². The van der Waals surface area contributed by atoms with Gasteiger partial charge in [0.1, 0.15) is 5.00 Å². The Morgan fingerprint density at radius 2 is 2.00 bits per heavy atom. The molecule has 1 aromatic carbocycles. The predicted octanol–water partition coefficient (Wildman–Crippen LogP) is 4.12. The van der Waals surface area contributed by atoms with Gasteiger partial charge in [-0.05, 0) is 59.8 Å². The van der Waals surface area contributed by atoms with E-state index in [4.69, 9.17) is 4.74 Å². The number of benzene rings is 1. The first-order valence-corrected chi connectivity index (χ1v) is 10.8. The van der Waals surface area contributed by atoms with Gasteiger partial charge in [0, 0.05) is 11.4 Å². The lowest BCUT2D eigenvalue weighted by atomic mass is 9.94. The maximum Gasteiger partial charge on any atom is 0.341 e. The van der Waals surface area contributed by atoms with Crippen LogP contribution in [0.5, 0.6) is 0 Å². The Morgan fingerprint density at radius 3 is 2.69 bits per heavy atom. The van der Waals surface area contributed by atoms with Crippen LogP contribution < -0.4 is 10.7 Å². The van der Waals surface area contributed by atoms with Crippen molar-refractivity contribution < 1.29 is 19.1 Å². The van der Waals surface area contributed by atoms with Gasteiger partial charge in [-0.2, -0.15) is 5.10 Å². The SMILES string of the molecule is CCOC(=O)c1c(NC(C)=O)sc2c1CCC/C2=N/NC(=O)c1ccccc1Br. The van der Waals surface area contributed by atoms with Crippen LogP contribution in [0, 0.1) is 0 Å². The normalized spacial score (nSPS) is 14.2. The second-order valence-electron chi connectivity index (χ2n) is 6.35. The van der Waals surface area contributed by atoms with E-state index >= 15 is 0 Å². The zero-order valence-electron chi connectivity index (χ0n) is 16.0. The Bertz CT molecular complexity index is 1000. The van der Waals surface area contributed by atoms with Gasteiger partial charge in [0.15, 0.2) is 0 Å². The number of hydrogen-bond donors (Lipinski definition) is 2. The number of rotatable bonds is 5. The summed E-state index contributed by atoms with van der Waals surface area (Å²) in [5.74, 6) is -1.07. The molecule has 29 heavy (non-hydrogen) atoms. The van der Waals surface area contributed by atoms with Crippen molar-refractivity contribution >= 4 is 55.8 Å². The molecule has 2 N–H and O–H groups in total. The van der Waals surface area contributed by atoms with Gasteiger partial charge in [-0.3, -0.25) is 9.59 Å². The minimum atomic E-state index is -0.466. The molecule has 0 unspecified atom stereocenters. The van der Waals surface area contributed by atoms with Crippen molar-refractivity contribution in [1.29, 1.82) is 0 Å². The van der Waals surface area contributed by atoms with E-state index in [1.54, 1.807) is 25.1 Å². The number of fused-ring (bicyclic) bond motifs is 1. The summed E-state index contributed by atoms with van der Waals surface area (Å²) in [7, 11) is 0. The highest BCUT2D eigenvalue weighted by Gasteiger charge is 2.30. The van der Waals surface area contributed by atoms with Crippen molar-refractivity contribution in [3.8, 4) is 0 Å². The monoisotopic (exact) mass is 477 g/mol. The Hall–Kier alpha value is -2.52. The molecule has 9 heteroatoms. The highest BCUT2D eigenvalue weighted by Crippen LogP contribution is 2.39. The minimum Gasteiger partial charge on any atom is -0.462 e. The van der Waals surface area contributed by atoms with Gasteiger partial charge in [-0.15, -0.1) is 11.3 Å². The number of nitrogens with zero attached hydrogens (tertiary/aromatic N) is 1. The van der Waals surface area contributed by atoms with Crippen LogP contribution in [-0.4, -0.2) is 30.1 Å². The summed E-state index contributed by atoms with van der Waals surface area (Å²) in [5.41, 5.74) is 4.94. The summed E-state index contributed by atoms with van der Waals surface area (Å²) in [6, 6.07) is 7.08. The molecule has 2 aromatic rings. The molecule has 1 aromatic heterocycles. The minimum absolute atomic E-state index is 0.242. The third-order valence-electron chi connectivity index (χ3n) is 4.29. The van der Waals surface area contributed by atoms with Crippen LogP contribution in [0.15, 0.2) is 33.8 Å². The second kappa shape index (κ2) is 9.32. The fourth-order valence-corrected chi connectivity index (χ4v) is 4.85. The average Bonchev–Trinajstić information content (AvgIpc) is 3.04. The van der Waals surface area contributed by atoms with E-state index in [9.17, 15) is 14.4 Å². The third kappa shape index (κ3) is 4.73. The zero-order chi connectivity index (χ0) is 21.0. The highest BCUT2D eigenvalue weighted by atomic mass is 79.9. The van der Waals surface area contributed by atoms with E-state index in [1.807, 2.05) is 6.07 Å². The molecule has 1 aliphatic rings. The maximum atomic E-state index is 12.5. The first kappa shape index (κ1) is 21.2. The fraction of sp³-hybridized carbons (Fsp3) is 0.300. The number of anilines is 1. The van der Waals surface area contributed by atoms with Gasteiger partial charge in [-0.25, -0.2) is 10.2 Å². The van der Waals surface area contributed by atoms with Crippen LogP contribution in [0.25, 0.3) is 0 Å². The standard InChI is InChI=1S/C20H20BrN3O4S/c1-3-28-20(27)16-13-8-6-10-15(17(13)29-19(16)22-11(2)25)23-24-18(26)12-7-4-5-9-14(12)21/h4-5,7,9H,3,6,8,10H2,1-2H3,(H,22,25)(H,24,26)/b23-15-. The lowest BCUT2D eigenvalue weighted by Crippen LogP contribution is -2.22. The molecule has 0 atom stereocenters. The summed E-state index contributed by atoms with van der Waals surface area (Å²) in [5, 5.41) is 7.49. The molecule has 0 saturated heterocycles. The number of ether oxygens (including phenoxy) is 1. The lowest BCUT2D eigenvalue weighted by Gasteiger charge is -2.15. The summed E-state index contributed by atoms with van der Waals surface area (Å²) in [6.07, 6.45) is 2.11. The van der Waals surface area contributed by atoms with Crippen LogP contribution in [-0.2, 0) is 16.0 Å². The molecular formula is C20H20BrN3O4S. The molecule has 1 heterocycles. The van der Waals surface area contributed by atoms with Crippen molar-refractivity contribution in [1.82, 2.24) is 5.43 Å². The smallest absolute Gasteiger partial charge is 0.341 e. The molecule has 0 radical (unpaired) electrons. The highest BCUT2D eigenvalue weighted by molar-refractivity contribution is 9.10. The van der Waals surface area contributed by atoms with E-state index < -0.39 is 5.97 Å². The molecule has 0 aliphatic heterocycles. The molecule has 0 fully saturated rings. The van der Waals surface area contributed by atoms with E-state index in [0.29, 0.717) is 39.2 Å². The number of carbonyl (C=O) groups is 3. The number of hydrazone groups is 1. The van der Waals surface area contributed by atoms with Gasteiger partial charge >= 0.3 is 5.97 Å². The fourth-order valence-electron chi connectivity index (χ4n) is 3.08. The van der Waals surface area contributed by atoms with Crippen LogP contribution in [0.1, 0.15) is 57.8 Å². The Labute approximate surface area is 180 Å². The number of hydrogen-bond acceptors (Lipinski definition) is 6. The van der Waals surface area contributed by atoms with Gasteiger partial charge < -0.3 is 10.1 Å². The van der Waals surface area contributed by atoms with Crippen LogP contribution >= 0.6 is 27.3 Å². The maximum absolute atomic E-state index is 12.5. The van der Waals surface area contributed by atoms with Crippen LogP contribution in [0.2, 0.25) is 0 Å². The van der Waals surface area contributed by atoms with E-state index in [-0.39, 0.29) is 18.4 Å². The number of amides is 2. The first-order valence-electron chi connectivity index (χ1n) is 9.14.